The SMILES string of the molecule is CO.CO.Cc1ccc(S(=O)(=O)c2ccc(Cl)cc2)cc1C1CCN(C(=O)C(F)(F)F)CC1.Cc1ccc(S(=O)(=O)c2ccc(Cl)cc2)cc1C1CCNCC1. The Hall–Kier alpha value is -3.50. The van der Waals surface area contributed by atoms with Gasteiger partial charge in [-0.25, -0.2) is 16.8 Å². The van der Waals surface area contributed by atoms with Crippen LogP contribution < -0.4 is 5.32 Å². The minimum Gasteiger partial charge on any atom is -0.400 e. The molecule has 16 heteroatoms. The number of carbonyl (C=O) groups excluding carboxylic acids is 1. The Morgan fingerprint density at radius 3 is 1.32 bits per heavy atom. The zero-order chi connectivity index (χ0) is 41.8. The monoisotopic (exact) mass is 858 g/mol. The van der Waals surface area contributed by atoms with E-state index >= 15 is 0 Å². The first-order valence-corrected chi connectivity index (χ1v) is 21.4. The largest absolute Gasteiger partial charge is 0.471 e. The van der Waals surface area contributed by atoms with E-state index < -0.39 is 31.8 Å². The molecule has 2 heterocycles. The molecule has 0 spiro atoms. The minimum atomic E-state index is -4.88. The van der Waals surface area contributed by atoms with Gasteiger partial charge in [0.25, 0.3) is 0 Å². The van der Waals surface area contributed by atoms with Crippen LogP contribution in [0.15, 0.2) is 105 Å². The van der Waals surface area contributed by atoms with Crippen molar-refractivity contribution in [1.29, 1.82) is 0 Å². The lowest BCUT2D eigenvalue weighted by Gasteiger charge is -2.33. The molecule has 0 aromatic heterocycles. The summed E-state index contributed by atoms with van der Waals surface area (Å²) in [4.78, 5) is 13.1. The van der Waals surface area contributed by atoms with Gasteiger partial charge in [-0.15, -0.1) is 0 Å². The van der Waals surface area contributed by atoms with Crippen LogP contribution >= 0.6 is 23.2 Å². The Bertz CT molecular complexity index is 2120. The average molecular weight is 860 g/mol. The average Bonchev–Trinajstić information content (AvgIpc) is 3.20. The third-order valence-corrected chi connectivity index (χ3v) is 13.7. The summed E-state index contributed by atoms with van der Waals surface area (Å²) in [6.45, 7) is 5.82. The van der Waals surface area contributed by atoms with Crippen molar-refractivity contribution in [2.24, 2.45) is 0 Å². The van der Waals surface area contributed by atoms with E-state index in [-0.39, 0.29) is 33.7 Å². The smallest absolute Gasteiger partial charge is 0.400 e. The number of nitrogens with one attached hydrogen (secondary N) is 1. The van der Waals surface area contributed by atoms with Crippen LogP contribution in [-0.2, 0) is 24.5 Å². The van der Waals surface area contributed by atoms with Crippen LogP contribution in [0.5, 0.6) is 0 Å². The second-order valence-electron chi connectivity index (χ2n) is 13.0. The van der Waals surface area contributed by atoms with E-state index in [1.165, 1.54) is 30.3 Å². The number of nitrogens with zero attached hydrogens (tertiary/aromatic N) is 1. The fourth-order valence-electron chi connectivity index (χ4n) is 6.66. The van der Waals surface area contributed by atoms with Crippen LogP contribution in [0.3, 0.4) is 0 Å². The lowest BCUT2D eigenvalue weighted by Crippen LogP contribution is -2.45. The van der Waals surface area contributed by atoms with Crippen molar-refractivity contribution >= 4 is 48.8 Å². The number of amides is 1. The lowest BCUT2D eigenvalue weighted by molar-refractivity contribution is -0.186. The number of likely N-dealkylation sites (tertiary alicyclic amines) is 1. The first-order valence-electron chi connectivity index (χ1n) is 17.7. The summed E-state index contributed by atoms with van der Waals surface area (Å²) in [5, 5.41) is 18.3. The highest BCUT2D eigenvalue weighted by Crippen LogP contribution is 2.35. The van der Waals surface area contributed by atoms with Crippen molar-refractivity contribution in [2.75, 3.05) is 40.4 Å². The van der Waals surface area contributed by atoms with Crippen molar-refractivity contribution < 1.29 is 45.0 Å². The summed E-state index contributed by atoms with van der Waals surface area (Å²) in [5.74, 6) is -1.52. The number of hydrogen-bond acceptors (Lipinski definition) is 8. The molecule has 2 saturated heterocycles. The molecule has 0 bridgehead atoms. The molecule has 4 aromatic rings. The van der Waals surface area contributed by atoms with Crippen LogP contribution in [0.4, 0.5) is 13.2 Å². The number of hydrogen-bond donors (Lipinski definition) is 3. The van der Waals surface area contributed by atoms with E-state index in [4.69, 9.17) is 33.4 Å². The number of aliphatic hydroxyl groups is 2. The molecule has 4 aromatic carbocycles. The molecule has 2 aliphatic heterocycles. The van der Waals surface area contributed by atoms with Crippen LogP contribution in [-0.4, -0.2) is 84.4 Å². The zero-order valence-electron chi connectivity index (χ0n) is 31.5. The molecule has 3 N–H and O–H groups in total. The van der Waals surface area contributed by atoms with Crippen molar-refractivity contribution in [3.05, 3.63) is 117 Å². The molecule has 6 rings (SSSR count). The van der Waals surface area contributed by atoms with E-state index in [2.05, 4.69) is 12.2 Å². The third kappa shape index (κ3) is 11.8. The number of aliphatic hydroxyl groups excluding tert-OH is 2. The Balaban J connectivity index is 0.000000282. The van der Waals surface area contributed by atoms with Crippen molar-refractivity contribution in [3.63, 3.8) is 0 Å². The van der Waals surface area contributed by atoms with Crippen molar-refractivity contribution in [1.82, 2.24) is 10.2 Å². The fourth-order valence-corrected chi connectivity index (χ4v) is 9.50. The van der Waals surface area contributed by atoms with Crippen LogP contribution in [0.2, 0.25) is 10.0 Å². The molecule has 0 saturated carbocycles. The minimum absolute atomic E-state index is 0.0173. The first kappa shape index (κ1) is 46.9. The molecule has 0 unspecified atom stereocenters. The van der Waals surface area contributed by atoms with Gasteiger partial charge in [0.15, 0.2) is 0 Å². The fraction of sp³-hybridized carbons (Fsp3) is 0.375. The zero-order valence-corrected chi connectivity index (χ0v) is 34.6. The van der Waals surface area contributed by atoms with E-state index in [0.717, 1.165) is 67.3 Å². The highest BCUT2D eigenvalue weighted by Gasteiger charge is 2.43. The van der Waals surface area contributed by atoms with E-state index in [9.17, 15) is 34.8 Å². The van der Waals surface area contributed by atoms with E-state index in [0.29, 0.717) is 33.7 Å². The summed E-state index contributed by atoms with van der Waals surface area (Å²) in [6, 6.07) is 22.5. The number of sulfone groups is 2. The molecule has 56 heavy (non-hydrogen) atoms. The van der Waals surface area contributed by atoms with Crippen LogP contribution in [0.1, 0.15) is 59.8 Å². The highest BCUT2D eigenvalue weighted by molar-refractivity contribution is 7.91. The molecule has 0 atom stereocenters. The molecule has 9 nitrogen and oxygen atoms in total. The quantitative estimate of drug-likeness (QED) is 0.178. The van der Waals surface area contributed by atoms with E-state index in [1.807, 2.05) is 19.1 Å². The van der Waals surface area contributed by atoms with Gasteiger partial charge in [-0.1, -0.05) is 35.3 Å². The van der Waals surface area contributed by atoms with Gasteiger partial charge >= 0.3 is 12.1 Å². The predicted molar refractivity (Wildman–Crippen MR) is 212 cm³/mol. The first-order chi connectivity index (χ1) is 26.5. The molecular weight excluding hydrogens is 812 g/mol. The summed E-state index contributed by atoms with van der Waals surface area (Å²) in [6.07, 6.45) is -2.11. The second kappa shape index (κ2) is 20.8. The number of piperidine rings is 2. The van der Waals surface area contributed by atoms with Gasteiger partial charge in [-0.05, 0) is 160 Å². The maximum Gasteiger partial charge on any atom is 0.471 e. The van der Waals surface area contributed by atoms with Crippen LogP contribution in [0.25, 0.3) is 0 Å². The Kier molecular flexibility index (Phi) is 17.4. The van der Waals surface area contributed by atoms with Gasteiger partial charge in [0.1, 0.15) is 0 Å². The Morgan fingerprint density at radius 1 is 0.625 bits per heavy atom. The lowest BCUT2D eigenvalue weighted by atomic mass is 9.87. The third-order valence-electron chi connectivity index (χ3n) is 9.61. The highest BCUT2D eigenvalue weighted by atomic mass is 35.5. The normalized spacial score (nSPS) is 15.3. The number of rotatable bonds is 6. The molecule has 306 valence electrons. The molecule has 2 aliphatic rings. The number of carbonyl (C=O) groups is 1. The summed E-state index contributed by atoms with van der Waals surface area (Å²) < 4.78 is 89.4. The summed E-state index contributed by atoms with van der Waals surface area (Å²) >= 11 is 11.7. The van der Waals surface area contributed by atoms with Crippen LogP contribution in [0, 0.1) is 13.8 Å². The molecule has 0 aliphatic carbocycles. The van der Waals surface area contributed by atoms with E-state index in [1.54, 1.807) is 42.5 Å². The molecule has 1 amide bonds. The number of halogens is 5. The maximum atomic E-state index is 12.9. The Labute approximate surface area is 337 Å². The topological polar surface area (TPSA) is 141 Å². The number of aryl methyl sites for hydroxylation is 2. The van der Waals surface area contributed by atoms with Gasteiger partial charge < -0.3 is 20.4 Å². The molecule has 0 radical (unpaired) electrons. The number of benzene rings is 4. The van der Waals surface area contributed by atoms with Gasteiger partial charge in [0.2, 0.25) is 19.7 Å². The van der Waals surface area contributed by atoms with Gasteiger partial charge in [0, 0.05) is 37.4 Å². The van der Waals surface area contributed by atoms with Crippen molar-refractivity contribution in [3.8, 4) is 0 Å². The number of alkyl halides is 3. The van der Waals surface area contributed by atoms with Gasteiger partial charge in [0.05, 0.1) is 19.6 Å². The Morgan fingerprint density at radius 2 is 0.964 bits per heavy atom. The summed E-state index contributed by atoms with van der Waals surface area (Å²) in [7, 11) is -5.26. The van der Waals surface area contributed by atoms with Gasteiger partial charge in [-0.2, -0.15) is 13.2 Å². The predicted octanol–water partition coefficient (Wildman–Crippen LogP) is 7.91. The standard InChI is InChI=1S/C20H19ClF3NO3S.C18H20ClNO2S.2CH4O/c1-13-2-5-17(29(27,28)16-6-3-15(21)4-7-16)12-18(13)14-8-10-25(11-9-14)19(26)20(22,23)24;1-13-2-5-17(12-18(13)14-8-10-20-11-9-14)23(21,22)16-6-3-15(19)4-7-16;2*1-2/h2-7,12,14H,8-11H2,1H3;2-7,12,14,20H,8-11H2,1H3;2*2H,1H3. The molecule has 2 fully saturated rings. The second-order valence-corrected chi connectivity index (χ2v) is 17.8. The maximum absolute atomic E-state index is 12.9. The summed E-state index contributed by atoms with van der Waals surface area (Å²) in [5.41, 5.74) is 3.95. The van der Waals surface area contributed by atoms with Gasteiger partial charge in [-0.3, -0.25) is 4.79 Å². The molecular formula is C40H47Cl2F3N2O7S2. The van der Waals surface area contributed by atoms with Crippen molar-refractivity contribution in [2.45, 2.75) is 77.1 Å².